The Kier molecular flexibility index (Phi) is 3.57. The van der Waals surface area contributed by atoms with Gasteiger partial charge in [0.1, 0.15) is 5.92 Å². The van der Waals surface area contributed by atoms with Gasteiger partial charge in [-0.3, -0.25) is 14.7 Å². The van der Waals surface area contributed by atoms with Crippen molar-refractivity contribution in [2.75, 3.05) is 31.1 Å². The fourth-order valence-corrected chi connectivity index (χ4v) is 2.63. The number of nitrogens with one attached hydrogen (secondary N) is 1. The normalized spacial score (nSPS) is 20.4. The minimum Gasteiger partial charge on any atom is -0.481 e. The first kappa shape index (κ1) is 13.9. The fourth-order valence-electron chi connectivity index (χ4n) is 2.63. The predicted molar refractivity (Wildman–Crippen MR) is 76.2 cm³/mol. The summed E-state index contributed by atoms with van der Waals surface area (Å²) in [7, 11) is 0. The van der Waals surface area contributed by atoms with Crippen molar-refractivity contribution in [2.24, 2.45) is 5.92 Å². The molecule has 1 aromatic heterocycles. The maximum Gasteiger partial charge on any atom is 0.315 e. The summed E-state index contributed by atoms with van der Waals surface area (Å²) < 4.78 is 0. The molecule has 7 heteroatoms. The van der Waals surface area contributed by atoms with Crippen LogP contribution in [0.25, 0.3) is 0 Å². The molecule has 1 aromatic rings. The van der Waals surface area contributed by atoms with Crippen molar-refractivity contribution >= 4 is 17.7 Å². The Morgan fingerprint density at radius 1 is 1.33 bits per heavy atom. The Labute approximate surface area is 122 Å². The van der Waals surface area contributed by atoms with Crippen molar-refractivity contribution in [1.29, 1.82) is 0 Å². The van der Waals surface area contributed by atoms with Crippen LogP contribution >= 0.6 is 0 Å². The fraction of sp³-hybridized carbons (Fsp3) is 0.643. The number of carboxylic acid groups (broad SMARTS) is 1. The summed E-state index contributed by atoms with van der Waals surface area (Å²) in [4.78, 5) is 26.6. The topological polar surface area (TPSA) is 89.5 Å². The van der Waals surface area contributed by atoms with Gasteiger partial charge in [0.15, 0.2) is 5.82 Å². The zero-order chi connectivity index (χ0) is 15.0. The molecule has 1 saturated carbocycles. The molecule has 0 radical (unpaired) electrons. The highest BCUT2D eigenvalue weighted by Gasteiger charge is 2.30. The molecule has 1 atom stereocenters. The number of aromatic amines is 1. The summed E-state index contributed by atoms with van der Waals surface area (Å²) >= 11 is 0. The van der Waals surface area contributed by atoms with E-state index < -0.39 is 11.9 Å². The first-order valence-corrected chi connectivity index (χ1v) is 7.38. The molecule has 114 valence electrons. The second-order valence-electron chi connectivity index (χ2n) is 5.83. The van der Waals surface area contributed by atoms with Gasteiger partial charge >= 0.3 is 5.97 Å². The molecule has 1 unspecified atom stereocenters. The van der Waals surface area contributed by atoms with E-state index in [-0.39, 0.29) is 5.91 Å². The van der Waals surface area contributed by atoms with Crippen LogP contribution in [0.15, 0.2) is 6.07 Å². The Hall–Kier alpha value is -2.05. The van der Waals surface area contributed by atoms with Crippen LogP contribution in [0.5, 0.6) is 0 Å². The molecule has 0 bridgehead atoms. The van der Waals surface area contributed by atoms with Crippen LogP contribution in [-0.4, -0.2) is 58.3 Å². The summed E-state index contributed by atoms with van der Waals surface area (Å²) in [6.45, 7) is 3.90. The number of piperazine rings is 1. The third kappa shape index (κ3) is 2.86. The molecule has 0 aromatic carbocycles. The van der Waals surface area contributed by atoms with E-state index in [1.54, 1.807) is 4.90 Å². The Bertz CT molecular complexity index is 544. The highest BCUT2D eigenvalue weighted by Crippen LogP contribution is 2.39. The van der Waals surface area contributed by atoms with Crippen molar-refractivity contribution in [3.63, 3.8) is 0 Å². The number of carbonyl (C=O) groups is 2. The molecule has 1 amide bonds. The second-order valence-corrected chi connectivity index (χ2v) is 5.83. The second kappa shape index (κ2) is 5.38. The van der Waals surface area contributed by atoms with Gasteiger partial charge in [-0.1, -0.05) is 0 Å². The van der Waals surface area contributed by atoms with Gasteiger partial charge < -0.3 is 14.9 Å². The quantitative estimate of drug-likeness (QED) is 0.796. The van der Waals surface area contributed by atoms with Crippen LogP contribution in [0, 0.1) is 5.92 Å². The molecule has 0 spiro atoms. The van der Waals surface area contributed by atoms with Gasteiger partial charge in [-0.15, -0.1) is 0 Å². The lowest BCUT2D eigenvalue weighted by atomic mass is 10.1. The van der Waals surface area contributed by atoms with Gasteiger partial charge in [0.25, 0.3) is 0 Å². The zero-order valence-electron chi connectivity index (χ0n) is 12.1. The maximum atomic E-state index is 12.0. The number of aliphatic carboxylic acids is 1. The number of H-pyrrole nitrogens is 1. The molecule has 1 aliphatic heterocycles. The minimum atomic E-state index is -1.07. The van der Waals surface area contributed by atoms with Gasteiger partial charge in [-0.2, -0.15) is 5.10 Å². The Balaban J connectivity index is 1.56. The average molecular weight is 292 g/mol. The van der Waals surface area contributed by atoms with Crippen LogP contribution in [0.2, 0.25) is 0 Å². The molecule has 2 N–H and O–H groups in total. The predicted octanol–water partition coefficient (Wildman–Crippen LogP) is 0.656. The number of hydrogen-bond acceptors (Lipinski definition) is 4. The smallest absolute Gasteiger partial charge is 0.315 e. The van der Waals surface area contributed by atoms with E-state index in [4.69, 9.17) is 5.11 Å². The lowest BCUT2D eigenvalue weighted by molar-refractivity contribution is -0.150. The van der Waals surface area contributed by atoms with Crippen molar-refractivity contribution in [3.8, 4) is 0 Å². The molecule has 7 nitrogen and oxygen atoms in total. The minimum absolute atomic E-state index is 0.303. The lowest BCUT2D eigenvalue weighted by Gasteiger charge is -2.35. The largest absolute Gasteiger partial charge is 0.481 e. The van der Waals surface area contributed by atoms with E-state index >= 15 is 0 Å². The monoisotopic (exact) mass is 292 g/mol. The van der Waals surface area contributed by atoms with Crippen molar-refractivity contribution in [2.45, 2.75) is 25.7 Å². The van der Waals surface area contributed by atoms with Gasteiger partial charge in [0.05, 0.1) is 0 Å². The van der Waals surface area contributed by atoms with Crippen LogP contribution in [0.3, 0.4) is 0 Å². The standard InChI is InChI=1S/C14H20N4O3/c1-9(14(20)21)13(19)18-6-4-17(5-7-18)12-8-11(15-16-12)10-2-3-10/h8-10H,2-7H2,1H3,(H,15,16)(H,20,21). The summed E-state index contributed by atoms with van der Waals surface area (Å²) in [5, 5.41) is 16.3. The number of aromatic nitrogens is 2. The number of rotatable bonds is 4. The van der Waals surface area contributed by atoms with Crippen LogP contribution in [0.4, 0.5) is 5.82 Å². The van der Waals surface area contributed by atoms with Crippen LogP contribution in [0.1, 0.15) is 31.4 Å². The SMILES string of the molecule is CC(C(=O)O)C(=O)N1CCN(c2cc(C3CC3)[nH]n2)CC1. The zero-order valence-corrected chi connectivity index (χ0v) is 12.1. The third-order valence-corrected chi connectivity index (χ3v) is 4.26. The first-order valence-electron chi connectivity index (χ1n) is 7.38. The van der Waals surface area contributed by atoms with Gasteiger partial charge in [0, 0.05) is 43.9 Å². The average Bonchev–Trinajstić information content (AvgIpc) is 3.23. The highest BCUT2D eigenvalue weighted by atomic mass is 16.4. The number of anilines is 1. The van der Waals surface area contributed by atoms with E-state index in [0.29, 0.717) is 32.1 Å². The molecule has 2 aliphatic rings. The van der Waals surface area contributed by atoms with Gasteiger partial charge in [-0.05, 0) is 19.8 Å². The van der Waals surface area contributed by atoms with E-state index in [2.05, 4.69) is 21.2 Å². The molecular formula is C14H20N4O3. The number of amides is 1. The molecule has 3 rings (SSSR count). The number of carboxylic acids is 1. The maximum absolute atomic E-state index is 12.0. The van der Waals surface area contributed by atoms with Gasteiger partial charge in [-0.25, -0.2) is 0 Å². The third-order valence-electron chi connectivity index (χ3n) is 4.26. The van der Waals surface area contributed by atoms with Crippen LogP contribution < -0.4 is 4.90 Å². The Morgan fingerprint density at radius 3 is 2.57 bits per heavy atom. The van der Waals surface area contributed by atoms with E-state index in [1.807, 2.05) is 0 Å². The molecule has 21 heavy (non-hydrogen) atoms. The summed E-state index contributed by atoms with van der Waals surface area (Å²) in [6.07, 6.45) is 2.47. The van der Waals surface area contributed by atoms with Gasteiger partial charge in [0.2, 0.25) is 5.91 Å². The number of nitrogens with zero attached hydrogens (tertiary/aromatic N) is 3. The summed E-state index contributed by atoms with van der Waals surface area (Å²) in [5.74, 6) is -0.768. The number of carbonyl (C=O) groups excluding carboxylic acids is 1. The Morgan fingerprint density at radius 2 is 2.00 bits per heavy atom. The number of hydrogen-bond donors (Lipinski definition) is 2. The van der Waals surface area contributed by atoms with Crippen molar-refractivity contribution in [3.05, 3.63) is 11.8 Å². The molecule has 2 heterocycles. The lowest BCUT2D eigenvalue weighted by Crippen LogP contribution is -2.51. The van der Waals surface area contributed by atoms with Crippen molar-refractivity contribution in [1.82, 2.24) is 15.1 Å². The van der Waals surface area contributed by atoms with E-state index in [9.17, 15) is 9.59 Å². The molecule has 1 saturated heterocycles. The van der Waals surface area contributed by atoms with E-state index in [1.165, 1.54) is 25.5 Å². The highest BCUT2D eigenvalue weighted by molar-refractivity contribution is 5.96. The molecule has 2 fully saturated rings. The molecular weight excluding hydrogens is 272 g/mol. The van der Waals surface area contributed by atoms with Crippen LogP contribution in [-0.2, 0) is 9.59 Å². The summed E-state index contributed by atoms with van der Waals surface area (Å²) in [6, 6.07) is 2.09. The van der Waals surface area contributed by atoms with Crippen molar-refractivity contribution < 1.29 is 14.7 Å². The molecule has 1 aliphatic carbocycles. The summed E-state index contributed by atoms with van der Waals surface area (Å²) in [5.41, 5.74) is 1.20. The van der Waals surface area contributed by atoms with E-state index in [0.717, 1.165) is 5.82 Å². The first-order chi connectivity index (χ1) is 10.1.